The van der Waals surface area contributed by atoms with Crippen molar-refractivity contribution in [3.63, 3.8) is 0 Å². The SMILES string of the molecule is CCCCCc1cccc(OC(=O)O)c1CCC. The largest absolute Gasteiger partial charge is 0.511 e. The number of hydrogen-bond acceptors (Lipinski definition) is 2. The predicted octanol–water partition coefficient (Wildman–Crippen LogP) is 4.43. The van der Waals surface area contributed by atoms with Crippen LogP contribution in [-0.4, -0.2) is 11.3 Å². The van der Waals surface area contributed by atoms with E-state index in [1.165, 1.54) is 18.4 Å². The van der Waals surface area contributed by atoms with E-state index in [1.54, 1.807) is 6.07 Å². The van der Waals surface area contributed by atoms with Crippen LogP contribution in [0.2, 0.25) is 0 Å². The summed E-state index contributed by atoms with van der Waals surface area (Å²) in [4.78, 5) is 10.7. The van der Waals surface area contributed by atoms with Crippen molar-refractivity contribution in [2.75, 3.05) is 0 Å². The third kappa shape index (κ3) is 4.40. The first-order chi connectivity index (χ1) is 8.69. The van der Waals surface area contributed by atoms with Crippen LogP contribution in [0, 0.1) is 0 Å². The van der Waals surface area contributed by atoms with E-state index < -0.39 is 6.16 Å². The van der Waals surface area contributed by atoms with Crippen LogP contribution in [0.1, 0.15) is 50.7 Å². The number of hydrogen-bond donors (Lipinski definition) is 1. The van der Waals surface area contributed by atoms with Crippen LogP contribution in [0.5, 0.6) is 5.75 Å². The Kier molecular flexibility index (Phi) is 6.26. The molecule has 0 aliphatic rings. The lowest BCUT2D eigenvalue weighted by Crippen LogP contribution is -2.07. The Hall–Kier alpha value is -1.51. The number of unbranched alkanes of at least 4 members (excludes halogenated alkanes) is 2. The maximum Gasteiger partial charge on any atom is 0.511 e. The van der Waals surface area contributed by atoms with Gasteiger partial charge in [0.05, 0.1) is 0 Å². The van der Waals surface area contributed by atoms with Gasteiger partial charge in [0.25, 0.3) is 0 Å². The van der Waals surface area contributed by atoms with E-state index in [0.29, 0.717) is 5.75 Å². The van der Waals surface area contributed by atoms with Crippen molar-refractivity contribution in [2.24, 2.45) is 0 Å². The summed E-state index contributed by atoms with van der Waals surface area (Å²) in [6, 6.07) is 5.69. The zero-order valence-electron chi connectivity index (χ0n) is 11.2. The fraction of sp³-hybridized carbons (Fsp3) is 0.533. The molecule has 18 heavy (non-hydrogen) atoms. The van der Waals surface area contributed by atoms with Crippen LogP contribution < -0.4 is 4.74 Å². The average Bonchev–Trinajstić information content (AvgIpc) is 2.32. The van der Waals surface area contributed by atoms with Crippen molar-refractivity contribution in [3.8, 4) is 5.75 Å². The minimum absolute atomic E-state index is 0.498. The van der Waals surface area contributed by atoms with Gasteiger partial charge >= 0.3 is 6.16 Å². The Labute approximate surface area is 109 Å². The van der Waals surface area contributed by atoms with Crippen LogP contribution in [0.15, 0.2) is 18.2 Å². The van der Waals surface area contributed by atoms with Gasteiger partial charge in [0, 0.05) is 0 Å². The highest BCUT2D eigenvalue weighted by molar-refractivity contribution is 5.62. The highest BCUT2D eigenvalue weighted by atomic mass is 16.7. The van der Waals surface area contributed by atoms with Gasteiger partial charge in [-0.05, 0) is 36.5 Å². The number of aryl methyl sites for hydroxylation is 1. The van der Waals surface area contributed by atoms with Crippen LogP contribution >= 0.6 is 0 Å². The molecule has 0 heterocycles. The molecule has 3 heteroatoms. The van der Waals surface area contributed by atoms with E-state index in [4.69, 9.17) is 9.84 Å². The second kappa shape index (κ2) is 7.75. The molecule has 3 nitrogen and oxygen atoms in total. The first kappa shape index (κ1) is 14.6. The van der Waals surface area contributed by atoms with E-state index in [0.717, 1.165) is 31.2 Å². The zero-order valence-corrected chi connectivity index (χ0v) is 11.2. The van der Waals surface area contributed by atoms with Crippen molar-refractivity contribution in [1.29, 1.82) is 0 Å². The fourth-order valence-corrected chi connectivity index (χ4v) is 2.13. The molecule has 0 radical (unpaired) electrons. The lowest BCUT2D eigenvalue weighted by Gasteiger charge is -2.13. The smallest absolute Gasteiger partial charge is 0.449 e. The molecule has 0 atom stereocenters. The summed E-state index contributed by atoms with van der Waals surface area (Å²) in [6.07, 6.45) is 5.15. The van der Waals surface area contributed by atoms with E-state index >= 15 is 0 Å². The Balaban J connectivity index is 2.89. The number of carbonyl (C=O) groups is 1. The summed E-state index contributed by atoms with van der Waals surface area (Å²) in [6.45, 7) is 4.27. The van der Waals surface area contributed by atoms with Gasteiger partial charge in [0.1, 0.15) is 5.75 Å². The molecule has 100 valence electrons. The highest BCUT2D eigenvalue weighted by Gasteiger charge is 2.11. The molecular weight excluding hydrogens is 228 g/mol. The first-order valence-corrected chi connectivity index (χ1v) is 6.70. The molecule has 1 rings (SSSR count). The normalized spacial score (nSPS) is 10.3. The standard InChI is InChI=1S/C15H22O3/c1-3-5-6-9-12-10-7-11-14(18-15(16)17)13(12)8-4-2/h7,10-11H,3-6,8-9H2,1-2H3,(H,16,17). The van der Waals surface area contributed by atoms with E-state index in [2.05, 4.69) is 19.9 Å². The van der Waals surface area contributed by atoms with Crippen LogP contribution in [0.3, 0.4) is 0 Å². The summed E-state index contributed by atoms with van der Waals surface area (Å²) in [5, 5.41) is 8.74. The summed E-state index contributed by atoms with van der Waals surface area (Å²) in [5.41, 5.74) is 2.28. The zero-order chi connectivity index (χ0) is 13.4. The summed E-state index contributed by atoms with van der Waals surface area (Å²) < 4.78 is 4.86. The van der Waals surface area contributed by atoms with Crippen molar-refractivity contribution in [2.45, 2.75) is 52.4 Å². The summed E-state index contributed by atoms with van der Waals surface area (Å²) >= 11 is 0. The summed E-state index contributed by atoms with van der Waals surface area (Å²) in [5.74, 6) is 0.498. The maximum atomic E-state index is 10.7. The molecule has 0 aromatic heterocycles. The van der Waals surface area contributed by atoms with Gasteiger partial charge in [0.2, 0.25) is 0 Å². The quantitative estimate of drug-likeness (QED) is 0.442. The molecule has 0 unspecified atom stereocenters. The predicted molar refractivity (Wildman–Crippen MR) is 72.3 cm³/mol. The van der Waals surface area contributed by atoms with Gasteiger partial charge in [0.15, 0.2) is 0 Å². The molecule has 0 fully saturated rings. The molecule has 0 saturated carbocycles. The molecule has 0 aliphatic carbocycles. The minimum atomic E-state index is -1.24. The van der Waals surface area contributed by atoms with Gasteiger partial charge in [-0.3, -0.25) is 0 Å². The Bertz CT molecular complexity index is 385. The molecule has 1 N–H and O–H groups in total. The second-order valence-corrected chi connectivity index (χ2v) is 4.47. The summed E-state index contributed by atoms with van der Waals surface area (Å²) in [7, 11) is 0. The Morgan fingerprint density at radius 3 is 2.56 bits per heavy atom. The Morgan fingerprint density at radius 2 is 1.94 bits per heavy atom. The lowest BCUT2D eigenvalue weighted by atomic mass is 9.97. The first-order valence-electron chi connectivity index (χ1n) is 6.70. The second-order valence-electron chi connectivity index (χ2n) is 4.47. The fourth-order valence-electron chi connectivity index (χ4n) is 2.13. The number of carboxylic acid groups (broad SMARTS) is 1. The van der Waals surface area contributed by atoms with Crippen molar-refractivity contribution in [1.82, 2.24) is 0 Å². The van der Waals surface area contributed by atoms with Crippen LogP contribution in [0.25, 0.3) is 0 Å². The monoisotopic (exact) mass is 250 g/mol. The van der Waals surface area contributed by atoms with Gasteiger partial charge in [-0.2, -0.15) is 0 Å². The molecule has 0 saturated heterocycles. The average molecular weight is 250 g/mol. The molecule has 0 aliphatic heterocycles. The van der Waals surface area contributed by atoms with Crippen LogP contribution in [0.4, 0.5) is 4.79 Å². The number of benzene rings is 1. The van der Waals surface area contributed by atoms with Crippen LogP contribution in [-0.2, 0) is 12.8 Å². The third-order valence-corrected chi connectivity index (χ3v) is 2.98. The molecule has 1 aromatic carbocycles. The van der Waals surface area contributed by atoms with Gasteiger partial charge in [-0.15, -0.1) is 0 Å². The number of rotatable bonds is 7. The highest BCUT2D eigenvalue weighted by Crippen LogP contribution is 2.25. The van der Waals surface area contributed by atoms with Crippen molar-refractivity contribution >= 4 is 6.16 Å². The van der Waals surface area contributed by atoms with E-state index in [-0.39, 0.29) is 0 Å². The molecular formula is C15H22O3. The van der Waals surface area contributed by atoms with Gasteiger partial charge in [-0.1, -0.05) is 45.2 Å². The number of ether oxygens (including phenoxy) is 1. The molecule has 0 spiro atoms. The van der Waals surface area contributed by atoms with E-state index in [1.807, 2.05) is 6.07 Å². The van der Waals surface area contributed by atoms with Crippen molar-refractivity contribution in [3.05, 3.63) is 29.3 Å². The van der Waals surface area contributed by atoms with Gasteiger partial charge < -0.3 is 9.84 Å². The Morgan fingerprint density at radius 1 is 1.17 bits per heavy atom. The van der Waals surface area contributed by atoms with E-state index in [9.17, 15) is 4.79 Å². The van der Waals surface area contributed by atoms with Gasteiger partial charge in [-0.25, -0.2) is 4.79 Å². The molecule has 0 amide bonds. The lowest BCUT2D eigenvalue weighted by molar-refractivity contribution is 0.144. The third-order valence-electron chi connectivity index (χ3n) is 2.98. The maximum absolute atomic E-state index is 10.7. The molecule has 1 aromatic rings. The minimum Gasteiger partial charge on any atom is -0.449 e. The molecule has 0 bridgehead atoms. The van der Waals surface area contributed by atoms with Crippen molar-refractivity contribution < 1.29 is 14.6 Å². The topological polar surface area (TPSA) is 46.5 Å².